The van der Waals surface area contributed by atoms with Gasteiger partial charge < -0.3 is 9.88 Å². The van der Waals surface area contributed by atoms with E-state index < -0.39 is 10.0 Å². The van der Waals surface area contributed by atoms with Gasteiger partial charge in [0.2, 0.25) is 10.0 Å². The summed E-state index contributed by atoms with van der Waals surface area (Å²) in [7, 11) is -2.16. The highest BCUT2D eigenvalue weighted by Crippen LogP contribution is 2.11. The van der Waals surface area contributed by atoms with Crippen molar-refractivity contribution in [3.63, 3.8) is 0 Å². The fraction of sp³-hybridized carbons (Fsp3) is 0.545. The van der Waals surface area contributed by atoms with E-state index in [4.69, 9.17) is 5.14 Å². The van der Waals surface area contributed by atoms with Crippen molar-refractivity contribution in [1.82, 2.24) is 9.88 Å². The van der Waals surface area contributed by atoms with Crippen molar-refractivity contribution in [1.29, 1.82) is 0 Å². The monoisotopic (exact) mass is 273 g/mol. The fourth-order valence-electron chi connectivity index (χ4n) is 1.58. The number of unbranched alkanes of at least 4 members (excludes halogenated alkanes) is 2. The molecule has 0 radical (unpaired) electrons. The van der Waals surface area contributed by atoms with Crippen molar-refractivity contribution in [3.05, 3.63) is 18.0 Å². The first-order valence-electron chi connectivity index (χ1n) is 5.83. The van der Waals surface area contributed by atoms with Crippen LogP contribution in [0.4, 0.5) is 0 Å². The van der Waals surface area contributed by atoms with E-state index in [2.05, 4.69) is 12.2 Å². The van der Waals surface area contributed by atoms with E-state index >= 15 is 0 Å². The second-order valence-corrected chi connectivity index (χ2v) is 5.74. The molecule has 0 aromatic carbocycles. The molecule has 1 heterocycles. The van der Waals surface area contributed by atoms with Crippen molar-refractivity contribution in [2.75, 3.05) is 6.54 Å². The first kappa shape index (κ1) is 14.7. The number of aromatic nitrogens is 1. The molecule has 1 amide bonds. The van der Waals surface area contributed by atoms with Crippen molar-refractivity contribution in [3.8, 4) is 0 Å². The number of carbonyl (C=O) groups excluding carboxylic acids is 1. The maximum atomic E-state index is 11.8. The molecule has 6 nitrogen and oxygen atoms in total. The minimum atomic E-state index is -3.77. The zero-order valence-electron chi connectivity index (χ0n) is 10.6. The number of hydrogen-bond donors (Lipinski definition) is 2. The van der Waals surface area contributed by atoms with E-state index in [1.165, 1.54) is 16.8 Å². The third-order valence-corrected chi connectivity index (χ3v) is 3.49. The van der Waals surface area contributed by atoms with Gasteiger partial charge in [-0.25, -0.2) is 13.6 Å². The smallest absolute Gasteiger partial charge is 0.267 e. The van der Waals surface area contributed by atoms with Crippen molar-refractivity contribution < 1.29 is 13.2 Å². The lowest BCUT2D eigenvalue weighted by Crippen LogP contribution is -2.26. The van der Waals surface area contributed by atoms with Crippen LogP contribution in [0.5, 0.6) is 0 Å². The van der Waals surface area contributed by atoms with Gasteiger partial charge in [0.1, 0.15) is 10.6 Å². The molecule has 0 unspecified atom stereocenters. The Bertz CT molecular complexity index is 520. The van der Waals surface area contributed by atoms with Crippen LogP contribution in [0.25, 0.3) is 0 Å². The molecule has 3 N–H and O–H groups in total. The molecular formula is C11H19N3O3S. The zero-order chi connectivity index (χ0) is 13.8. The Kier molecular flexibility index (Phi) is 4.92. The molecule has 0 spiro atoms. The van der Waals surface area contributed by atoms with E-state index in [9.17, 15) is 13.2 Å². The lowest BCUT2D eigenvalue weighted by atomic mass is 10.2. The highest BCUT2D eigenvalue weighted by Gasteiger charge is 2.16. The van der Waals surface area contributed by atoms with Crippen LogP contribution in [-0.4, -0.2) is 25.4 Å². The summed E-state index contributed by atoms with van der Waals surface area (Å²) < 4.78 is 23.8. The summed E-state index contributed by atoms with van der Waals surface area (Å²) in [5.74, 6) is -0.288. The Morgan fingerprint density at radius 2 is 2.11 bits per heavy atom. The molecule has 0 aliphatic heterocycles. The van der Waals surface area contributed by atoms with Crippen LogP contribution in [0, 0.1) is 0 Å². The molecule has 0 saturated carbocycles. The van der Waals surface area contributed by atoms with Gasteiger partial charge in [-0.1, -0.05) is 19.8 Å². The van der Waals surface area contributed by atoms with Gasteiger partial charge in [-0.05, 0) is 12.5 Å². The number of sulfonamides is 1. The first-order valence-corrected chi connectivity index (χ1v) is 7.38. The minimum absolute atomic E-state index is 0.0521. The van der Waals surface area contributed by atoms with Crippen LogP contribution in [0.1, 0.15) is 36.7 Å². The predicted molar refractivity (Wildman–Crippen MR) is 68.6 cm³/mol. The van der Waals surface area contributed by atoms with Crippen LogP contribution in [0.15, 0.2) is 17.2 Å². The van der Waals surface area contributed by atoms with E-state index in [0.29, 0.717) is 6.54 Å². The molecule has 18 heavy (non-hydrogen) atoms. The van der Waals surface area contributed by atoms with E-state index in [-0.39, 0.29) is 16.5 Å². The summed E-state index contributed by atoms with van der Waals surface area (Å²) >= 11 is 0. The molecule has 0 saturated heterocycles. The summed E-state index contributed by atoms with van der Waals surface area (Å²) in [5.41, 5.74) is 0.288. The maximum Gasteiger partial charge on any atom is 0.267 e. The second kappa shape index (κ2) is 6.01. The quantitative estimate of drug-likeness (QED) is 0.743. The van der Waals surface area contributed by atoms with Gasteiger partial charge in [0, 0.05) is 19.8 Å². The second-order valence-electron chi connectivity index (χ2n) is 4.18. The number of primary sulfonamides is 1. The van der Waals surface area contributed by atoms with Gasteiger partial charge in [0.15, 0.2) is 0 Å². The van der Waals surface area contributed by atoms with Crippen molar-refractivity contribution in [2.24, 2.45) is 12.2 Å². The Morgan fingerprint density at radius 3 is 2.61 bits per heavy atom. The zero-order valence-corrected chi connectivity index (χ0v) is 11.5. The molecule has 0 atom stereocenters. The highest BCUT2D eigenvalue weighted by atomic mass is 32.2. The van der Waals surface area contributed by atoms with Crippen LogP contribution in [0.2, 0.25) is 0 Å². The number of amides is 1. The summed E-state index contributed by atoms with van der Waals surface area (Å²) in [6.45, 7) is 2.67. The molecule has 0 aliphatic rings. The Hall–Kier alpha value is -1.34. The number of nitrogens with two attached hydrogens (primary N) is 1. The molecule has 1 aromatic heterocycles. The highest BCUT2D eigenvalue weighted by molar-refractivity contribution is 7.89. The van der Waals surface area contributed by atoms with Gasteiger partial charge in [-0.2, -0.15) is 0 Å². The summed E-state index contributed by atoms with van der Waals surface area (Å²) in [6, 6.07) is 1.28. The fourth-order valence-corrected chi connectivity index (χ4v) is 2.16. The van der Waals surface area contributed by atoms with E-state index in [1.807, 2.05) is 0 Å². The third kappa shape index (κ3) is 3.85. The van der Waals surface area contributed by atoms with Crippen LogP contribution >= 0.6 is 0 Å². The minimum Gasteiger partial charge on any atom is -0.351 e. The number of hydrogen-bond acceptors (Lipinski definition) is 3. The largest absolute Gasteiger partial charge is 0.351 e. The predicted octanol–water partition coefficient (Wildman–Crippen LogP) is 0.593. The van der Waals surface area contributed by atoms with Gasteiger partial charge in [0.25, 0.3) is 5.91 Å². The normalized spacial score (nSPS) is 11.5. The molecular weight excluding hydrogens is 254 g/mol. The standard InChI is InChI=1S/C11H19N3O3S/c1-3-4-5-6-13-11(15)10-7-9(8-14(10)2)18(12,16)17/h7-8H,3-6H2,1-2H3,(H,13,15)(H2,12,16,17). The van der Waals surface area contributed by atoms with E-state index in [1.54, 1.807) is 7.05 Å². The van der Waals surface area contributed by atoms with Gasteiger partial charge in [-0.3, -0.25) is 4.79 Å². The van der Waals surface area contributed by atoms with Gasteiger partial charge >= 0.3 is 0 Å². The molecule has 1 rings (SSSR count). The van der Waals surface area contributed by atoms with Crippen LogP contribution in [0.3, 0.4) is 0 Å². The number of nitrogens with one attached hydrogen (secondary N) is 1. The van der Waals surface area contributed by atoms with Gasteiger partial charge in [0.05, 0.1) is 0 Å². The average molecular weight is 273 g/mol. The Morgan fingerprint density at radius 1 is 1.44 bits per heavy atom. The number of carbonyl (C=O) groups is 1. The number of aryl methyl sites for hydroxylation is 1. The molecule has 102 valence electrons. The Balaban J connectivity index is 2.72. The summed E-state index contributed by atoms with van der Waals surface area (Å²) in [5, 5.41) is 7.75. The topological polar surface area (TPSA) is 94.2 Å². The lowest BCUT2D eigenvalue weighted by molar-refractivity contribution is 0.0945. The Labute approximate surface area is 107 Å². The lowest BCUT2D eigenvalue weighted by Gasteiger charge is -2.04. The first-order chi connectivity index (χ1) is 8.36. The molecule has 7 heteroatoms. The average Bonchev–Trinajstić information content (AvgIpc) is 2.66. The van der Waals surface area contributed by atoms with Crippen molar-refractivity contribution >= 4 is 15.9 Å². The summed E-state index contributed by atoms with van der Waals surface area (Å²) in [4.78, 5) is 11.7. The van der Waals surface area contributed by atoms with Gasteiger partial charge in [-0.15, -0.1) is 0 Å². The van der Waals surface area contributed by atoms with Crippen LogP contribution in [-0.2, 0) is 17.1 Å². The summed E-state index contributed by atoms with van der Waals surface area (Å²) in [6.07, 6.45) is 4.37. The maximum absolute atomic E-state index is 11.8. The molecule has 0 fully saturated rings. The number of rotatable bonds is 6. The SMILES string of the molecule is CCCCCNC(=O)c1cc(S(N)(=O)=O)cn1C. The number of nitrogens with zero attached hydrogens (tertiary/aromatic N) is 1. The van der Waals surface area contributed by atoms with Crippen molar-refractivity contribution in [2.45, 2.75) is 31.1 Å². The van der Waals surface area contributed by atoms with Crippen LogP contribution < -0.4 is 10.5 Å². The molecule has 0 aliphatic carbocycles. The molecule has 0 bridgehead atoms. The molecule has 1 aromatic rings. The van der Waals surface area contributed by atoms with E-state index in [0.717, 1.165) is 19.3 Å². The third-order valence-electron chi connectivity index (χ3n) is 2.61.